The minimum Gasteiger partial charge on any atom is -0.385 e. The molecule has 1 nitrogen and oxygen atoms in total. The van der Waals surface area contributed by atoms with Crippen molar-refractivity contribution in [2.75, 3.05) is 0 Å². The lowest BCUT2D eigenvalue weighted by Gasteiger charge is -2.24. The van der Waals surface area contributed by atoms with Crippen LogP contribution in [-0.2, 0) is 12.0 Å². The summed E-state index contributed by atoms with van der Waals surface area (Å²) in [5.74, 6) is 0. The SMILES string of the molecule is CCCCCCCC1(O)CCc2ccc(C)cc21. The molecule has 0 aliphatic heterocycles. The van der Waals surface area contributed by atoms with Crippen LogP contribution >= 0.6 is 0 Å². The molecule has 1 N–H and O–H groups in total. The summed E-state index contributed by atoms with van der Waals surface area (Å²) in [5.41, 5.74) is 3.29. The zero-order chi connectivity index (χ0) is 13.0. The summed E-state index contributed by atoms with van der Waals surface area (Å²) in [6.45, 7) is 4.35. The summed E-state index contributed by atoms with van der Waals surface area (Å²) in [6.07, 6.45) is 9.24. The van der Waals surface area contributed by atoms with Gasteiger partial charge in [0.2, 0.25) is 0 Å². The van der Waals surface area contributed by atoms with Crippen molar-refractivity contribution in [3.63, 3.8) is 0 Å². The number of hydrogen-bond acceptors (Lipinski definition) is 1. The lowest BCUT2D eigenvalue weighted by atomic mass is 9.89. The van der Waals surface area contributed by atoms with E-state index in [1.807, 2.05) is 0 Å². The molecule has 1 aliphatic carbocycles. The Morgan fingerprint density at radius 2 is 1.94 bits per heavy atom. The number of unbranched alkanes of at least 4 members (excludes halogenated alkanes) is 4. The van der Waals surface area contributed by atoms with Gasteiger partial charge in [0.15, 0.2) is 0 Å². The van der Waals surface area contributed by atoms with Gasteiger partial charge in [-0.15, -0.1) is 0 Å². The van der Waals surface area contributed by atoms with E-state index in [0.717, 1.165) is 25.7 Å². The molecular weight excluding hydrogens is 220 g/mol. The van der Waals surface area contributed by atoms with Crippen LogP contribution in [0.3, 0.4) is 0 Å². The van der Waals surface area contributed by atoms with E-state index in [-0.39, 0.29) is 0 Å². The van der Waals surface area contributed by atoms with E-state index in [1.54, 1.807) is 0 Å². The fraction of sp³-hybridized carbons (Fsp3) is 0.647. The lowest BCUT2D eigenvalue weighted by molar-refractivity contribution is 0.0267. The average Bonchev–Trinajstić information content (AvgIpc) is 2.67. The molecule has 0 amide bonds. The van der Waals surface area contributed by atoms with Crippen molar-refractivity contribution in [1.82, 2.24) is 0 Å². The van der Waals surface area contributed by atoms with E-state index in [0.29, 0.717) is 0 Å². The minimum absolute atomic E-state index is 0.534. The van der Waals surface area contributed by atoms with Crippen LogP contribution in [0.2, 0.25) is 0 Å². The van der Waals surface area contributed by atoms with Crippen LogP contribution < -0.4 is 0 Å². The van der Waals surface area contributed by atoms with Crippen LogP contribution in [0.4, 0.5) is 0 Å². The number of hydrogen-bond donors (Lipinski definition) is 1. The highest BCUT2D eigenvalue weighted by Gasteiger charge is 2.35. The maximum Gasteiger partial charge on any atom is 0.0902 e. The molecule has 1 unspecified atom stereocenters. The number of rotatable bonds is 6. The highest BCUT2D eigenvalue weighted by Crippen LogP contribution is 2.40. The Labute approximate surface area is 111 Å². The molecule has 0 spiro atoms. The van der Waals surface area contributed by atoms with Crippen LogP contribution in [0, 0.1) is 6.92 Å². The van der Waals surface area contributed by atoms with Crippen LogP contribution in [0.1, 0.15) is 68.6 Å². The fourth-order valence-corrected chi connectivity index (χ4v) is 3.10. The third-order valence-electron chi connectivity index (χ3n) is 4.27. The van der Waals surface area contributed by atoms with Gasteiger partial charge in [0.05, 0.1) is 5.60 Å². The molecule has 1 heteroatoms. The first-order valence-corrected chi connectivity index (χ1v) is 7.48. The normalized spacial score (nSPS) is 22.2. The molecule has 18 heavy (non-hydrogen) atoms. The molecule has 0 fully saturated rings. The Kier molecular flexibility index (Phi) is 4.45. The summed E-state index contributed by atoms with van der Waals surface area (Å²) in [6, 6.07) is 6.54. The predicted molar refractivity (Wildman–Crippen MR) is 76.8 cm³/mol. The number of aryl methyl sites for hydroxylation is 2. The molecule has 1 aromatic rings. The molecule has 100 valence electrons. The van der Waals surface area contributed by atoms with Gasteiger partial charge in [0, 0.05) is 0 Å². The topological polar surface area (TPSA) is 20.2 Å². The Hall–Kier alpha value is -0.820. The Morgan fingerprint density at radius 1 is 1.17 bits per heavy atom. The van der Waals surface area contributed by atoms with Gasteiger partial charge in [-0.3, -0.25) is 0 Å². The summed E-state index contributed by atoms with van der Waals surface area (Å²) in [4.78, 5) is 0. The third-order valence-corrected chi connectivity index (χ3v) is 4.27. The standard InChI is InChI=1S/C17H26O/c1-3-4-5-6-7-11-17(18)12-10-15-9-8-14(2)13-16(15)17/h8-9,13,18H,3-7,10-12H2,1-2H3. The van der Waals surface area contributed by atoms with Gasteiger partial charge in [-0.1, -0.05) is 62.8 Å². The van der Waals surface area contributed by atoms with Gasteiger partial charge in [-0.2, -0.15) is 0 Å². The van der Waals surface area contributed by atoms with E-state index in [2.05, 4.69) is 32.0 Å². The van der Waals surface area contributed by atoms with Crippen LogP contribution in [0.15, 0.2) is 18.2 Å². The first-order chi connectivity index (χ1) is 8.65. The highest BCUT2D eigenvalue weighted by molar-refractivity contribution is 5.39. The summed E-state index contributed by atoms with van der Waals surface area (Å²) in [5, 5.41) is 10.8. The fourth-order valence-electron chi connectivity index (χ4n) is 3.10. The van der Waals surface area contributed by atoms with E-state index < -0.39 is 5.60 Å². The van der Waals surface area contributed by atoms with E-state index in [9.17, 15) is 5.11 Å². The summed E-state index contributed by atoms with van der Waals surface area (Å²) in [7, 11) is 0. The zero-order valence-corrected chi connectivity index (χ0v) is 11.8. The maximum absolute atomic E-state index is 10.8. The van der Waals surface area contributed by atoms with Gasteiger partial charge in [-0.25, -0.2) is 0 Å². The quantitative estimate of drug-likeness (QED) is 0.733. The molecule has 0 saturated heterocycles. The van der Waals surface area contributed by atoms with Crippen molar-refractivity contribution >= 4 is 0 Å². The molecular formula is C17H26O. The second-order valence-corrected chi connectivity index (χ2v) is 5.86. The lowest BCUT2D eigenvalue weighted by Crippen LogP contribution is -2.22. The van der Waals surface area contributed by atoms with E-state index >= 15 is 0 Å². The van der Waals surface area contributed by atoms with Gasteiger partial charge < -0.3 is 5.11 Å². The van der Waals surface area contributed by atoms with Gasteiger partial charge in [0.1, 0.15) is 0 Å². The van der Waals surface area contributed by atoms with Crippen molar-refractivity contribution in [3.8, 4) is 0 Å². The van der Waals surface area contributed by atoms with Crippen molar-refractivity contribution in [3.05, 3.63) is 34.9 Å². The summed E-state index contributed by atoms with van der Waals surface area (Å²) >= 11 is 0. The number of aliphatic hydroxyl groups is 1. The Morgan fingerprint density at radius 3 is 2.72 bits per heavy atom. The second kappa shape index (κ2) is 5.88. The molecule has 2 rings (SSSR count). The van der Waals surface area contributed by atoms with Gasteiger partial charge >= 0.3 is 0 Å². The first-order valence-electron chi connectivity index (χ1n) is 7.48. The molecule has 1 atom stereocenters. The predicted octanol–water partition coefficient (Wildman–Crippen LogP) is 4.49. The van der Waals surface area contributed by atoms with Gasteiger partial charge in [0.25, 0.3) is 0 Å². The van der Waals surface area contributed by atoms with E-state index in [1.165, 1.54) is 42.4 Å². The molecule has 1 aliphatic rings. The van der Waals surface area contributed by atoms with Crippen molar-refractivity contribution in [1.29, 1.82) is 0 Å². The van der Waals surface area contributed by atoms with Crippen molar-refractivity contribution in [2.24, 2.45) is 0 Å². The van der Waals surface area contributed by atoms with Crippen LogP contribution in [-0.4, -0.2) is 5.11 Å². The maximum atomic E-state index is 10.8. The molecule has 0 bridgehead atoms. The number of fused-ring (bicyclic) bond motifs is 1. The smallest absolute Gasteiger partial charge is 0.0902 e. The molecule has 0 aromatic heterocycles. The highest BCUT2D eigenvalue weighted by atomic mass is 16.3. The Balaban J connectivity index is 1.95. The molecule has 0 saturated carbocycles. The molecule has 1 aromatic carbocycles. The Bertz CT molecular complexity index is 397. The molecule has 0 heterocycles. The first kappa shape index (κ1) is 13.6. The molecule has 0 radical (unpaired) electrons. The van der Waals surface area contributed by atoms with Crippen LogP contribution in [0.5, 0.6) is 0 Å². The zero-order valence-electron chi connectivity index (χ0n) is 11.8. The van der Waals surface area contributed by atoms with Crippen LogP contribution in [0.25, 0.3) is 0 Å². The largest absolute Gasteiger partial charge is 0.385 e. The monoisotopic (exact) mass is 246 g/mol. The minimum atomic E-state index is -0.534. The number of benzene rings is 1. The second-order valence-electron chi connectivity index (χ2n) is 5.86. The average molecular weight is 246 g/mol. The van der Waals surface area contributed by atoms with Gasteiger partial charge in [-0.05, 0) is 37.3 Å². The van der Waals surface area contributed by atoms with Crippen molar-refractivity contribution in [2.45, 2.75) is 70.8 Å². The van der Waals surface area contributed by atoms with Crippen molar-refractivity contribution < 1.29 is 5.11 Å². The summed E-state index contributed by atoms with van der Waals surface area (Å²) < 4.78 is 0. The third kappa shape index (κ3) is 2.95. The van der Waals surface area contributed by atoms with E-state index in [4.69, 9.17) is 0 Å².